The summed E-state index contributed by atoms with van der Waals surface area (Å²) >= 11 is 0. The van der Waals surface area contributed by atoms with Crippen molar-refractivity contribution in [1.29, 1.82) is 0 Å². The van der Waals surface area contributed by atoms with Crippen molar-refractivity contribution < 1.29 is 28.8 Å². The smallest absolute Gasteiger partial charge is 0.412 e. The predicted molar refractivity (Wildman–Crippen MR) is 106 cm³/mol. The van der Waals surface area contributed by atoms with E-state index in [1.165, 1.54) is 7.11 Å². The number of rotatable bonds is 10. The van der Waals surface area contributed by atoms with Crippen molar-refractivity contribution in [1.82, 2.24) is 0 Å². The number of carbonyl (C=O) groups is 1. The molecule has 2 N–H and O–H groups in total. The Labute approximate surface area is 164 Å². The molecule has 1 amide bonds. The highest BCUT2D eigenvalue weighted by atomic mass is 16.6. The number of nitrogens with one attached hydrogen (secondary N) is 1. The van der Waals surface area contributed by atoms with Gasteiger partial charge in [0.1, 0.15) is 24.2 Å². The molecule has 0 aliphatic carbocycles. The Bertz CT molecular complexity index is 744. The van der Waals surface area contributed by atoms with Crippen molar-refractivity contribution in [2.45, 2.75) is 12.2 Å². The minimum Gasteiger partial charge on any atom is -0.497 e. The van der Waals surface area contributed by atoms with Crippen molar-refractivity contribution in [2.24, 2.45) is 0 Å². The molecule has 0 fully saturated rings. The maximum absolute atomic E-state index is 12.4. The third kappa shape index (κ3) is 6.00. The third-order valence-corrected chi connectivity index (χ3v) is 3.94. The van der Waals surface area contributed by atoms with Gasteiger partial charge in [-0.15, -0.1) is 6.58 Å². The van der Waals surface area contributed by atoms with E-state index in [-0.39, 0.29) is 13.2 Å². The quantitative estimate of drug-likeness (QED) is 0.606. The van der Waals surface area contributed by atoms with E-state index in [0.29, 0.717) is 22.7 Å². The molecular formula is C21H25NO6. The molecule has 28 heavy (non-hydrogen) atoms. The lowest BCUT2D eigenvalue weighted by Crippen LogP contribution is -2.26. The van der Waals surface area contributed by atoms with Gasteiger partial charge in [-0.3, -0.25) is 5.32 Å². The Balaban J connectivity index is 2.11. The fourth-order valence-corrected chi connectivity index (χ4v) is 2.52. The molecule has 2 atom stereocenters. The molecule has 2 aromatic carbocycles. The van der Waals surface area contributed by atoms with Crippen LogP contribution in [0.25, 0.3) is 0 Å². The molecule has 7 heteroatoms. The number of anilines is 1. The van der Waals surface area contributed by atoms with E-state index in [9.17, 15) is 4.79 Å². The van der Waals surface area contributed by atoms with Gasteiger partial charge in [0.05, 0.1) is 13.7 Å². The fraction of sp³-hybridized carbons (Fsp3) is 0.286. The Morgan fingerprint density at radius 3 is 2.29 bits per heavy atom. The molecule has 0 saturated carbocycles. The third-order valence-electron chi connectivity index (χ3n) is 3.94. The van der Waals surface area contributed by atoms with Crippen LogP contribution in [0.15, 0.2) is 61.2 Å². The van der Waals surface area contributed by atoms with Gasteiger partial charge in [-0.05, 0) is 42.0 Å². The summed E-state index contributed by atoms with van der Waals surface area (Å²) in [4.78, 5) is 12.4. The van der Waals surface area contributed by atoms with Gasteiger partial charge < -0.3 is 24.1 Å². The van der Waals surface area contributed by atoms with Crippen LogP contribution < -0.4 is 14.8 Å². The average Bonchev–Trinajstić information content (AvgIpc) is 2.73. The van der Waals surface area contributed by atoms with E-state index in [4.69, 9.17) is 24.1 Å². The van der Waals surface area contributed by atoms with Crippen LogP contribution in [-0.2, 0) is 9.47 Å². The van der Waals surface area contributed by atoms with Crippen LogP contribution in [-0.4, -0.2) is 44.7 Å². The Kier molecular flexibility index (Phi) is 8.33. The molecule has 0 spiro atoms. The molecular weight excluding hydrogens is 362 g/mol. The Morgan fingerprint density at radius 1 is 1.11 bits per heavy atom. The van der Waals surface area contributed by atoms with E-state index < -0.39 is 18.3 Å². The first-order valence-corrected chi connectivity index (χ1v) is 8.72. The number of aliphatic hydroxyl groups excluding tert-OH is 1. The first kappa shape index (κ1) is 21.3. The summed E-state index contributed by atoms with van der Waals surface area (Å²) in [5.74, 6) is 1.29. The summed E-state index contributed by atoms with van der Waals surface area (Å²) in [6.07, 6.45) is -0.292. The van der Waals surface area contributed by atoms with E-state index in [2.05, 4.69) is 11.9 Å². The van der Waals surface area contributed by atoms with Crippen molar-refractivity contribution in [2.75, 3.05) is 32.8 Å². The zero-order valence-corrected chi connectivity index (χ0v) is 16.0. The zero-order valence-electron chi connectivity index (χ0n) is 16.0. The number of aliphatic hydroxyl groups is 1. The summed E-state index contributed by atoms with van der Waals surface area (Å²) < 4.78 is 21.4. The molecule has 7 nitrogen and oxygen atoms in total. The number of methoxy groups -OCH3 is 2. The number of hydrogen-bond donors (Lipinski definition) is 2. The minimum atomic E-state index is -0.701. The number of carbonyl (C=O) groups excluding carboxylic acids is 1. The predicted octanol–water partition coefficient (Wildman–Crippen LogP) is 3.56. The van der Waals surface area contributed by atoms with Crippen molar-refractivity contribution >= 4 is 11.8 Å². The van der Waals surface area contributed by atoms with E-state index >= 15 is 0 Å². The first-order chi connectivity index (χ1) is 13.6. The van der Waals surface area contributed by atoms with Gasteiger partial charge in [0.25, 0.3) is 0 Å². The van der Waals surface area contributed by atoms with Crippen LogP contribution >= 0.6 is 0 Å². The lowest BCUT2D eigenvalue weighted by molar-refractivity contribution is 0.00600. The van der Waals surface area contributed by atoms with Crippen molar-refractivity contribution in [3.8, 4) is 11.5 Å². The van der Waals surface area contributed by atoms with Gasteiger partial charge in [0, 0.05) is 12.8 Å². The molecule has 0 heterocycles. The number of hydrogen-bond acceptors (Lipinski definition) is 6. The Morgan fingerprint density at radius 2 is 1.75 bits per heavy atom. The van der Waals surface area contributed by atoms with E-state index in [1.54, 1.807) is 61.7 Å². The van der Waals surface area contributed by atoms with Gasteiger partial charge in [-0.25, -0.2) is 4.79 Å². The van der Waals surface area contributed by atoms with E-state index in [0.717, 1.165) is 0 Å². The summed E-state index contributed by atoms with van der Waals surface area (Å²) in [6.45, 7) is 3.88. The maximum atomic E-state index is 12.4. The van der Waals surface area contributed by atoms with Crippen molar-refractivity contribution in [3.63, 3.8) is 0 Å². The lowest BCUT2D eigenvalue weighted by Gasteiger charge is -2.24. The maximum Gasteiger partial charge on any atom is 0.412 e. The van der Waals surface area contributed by atoms with Crippen LogP contribution in [0.4, 0.5) is 10.5 Å². The van der Waals surface area contributed by atoms with Gasteiger partial charge in [-0.2, -0.15) is 0 Å². The number of benzene rings is 2. The monoisotopic (exact) mass is 387 g/mol. The molecule has 0 unspecified atom stereocenters. The highest BCUT2D eigenvalue weighted by molar-refractivity contribution is 5.84. The highest BCUT2D eigenvalue weighted by Gasteiger charge is 2.25. The molecule has 0 saturated heterocycles. The summed E-state index contributed by atoms with van der Waals surface area (Å²) in [5, 5.41) is 11.5. The van der Waals surface area contributed by atoms with Gasteiger partial charge in [0.2, 0.25) is 0 Å². The first-order valence-electron chi connectivity index (χ1n) is 8.72. The second kappa shape index (κ2) is 11.0. The van der Waals surface area contributed by atoms with Gasteiger partial charge >= 0.3 is 6.09 Å². The van der Waals surface area contributed by atoms with Crippen molar-refractivity contribution in [3.05, 3.63) is 66.7 Å². The number of ether oxygens (including phenoxy) is 4. The standard InChI is InChI=1S/C21H25NO6/c1-4-19(26-3)20(15-5-9-18(10-6-15)27-14-13-23)28-21(24)22-16-7-11-17(25-2)12-8-16/h4-12,19-20,23H,1,13-14H2,2-3H3,(H,22,24)/t19-,20-/m0/s1. The zero-order chi connectivity index (χ0) is 20.4. The summed E-state index contributed by atoms with van der Waals surface area (Å²) in [6, 6.07) is 13.9. The largest absolute Gasteiger partial charge is 0.497 e. The SMILES string of the molecule is C=C[C@H](OC)[C@@H](OC(=O)Nc1ccc(OC)cc1)c1ccc(OCCO)cc1. The van der Waals surface area contributed by atoms with Gasteiger partial charge in [-0.1, -0.05) is 18.2 Å². The second-order valence-corrected chi connectivity index (χ2v) is 5.76. The minimum absolute atomic E-state index is 0.0682. The molecule has 0 bridgehead atoms. The average molecular weight is 387 g/mol. The van der Waals surface area contributed by atoms with E-state index in [1.807, 2.05) is 0 Å². The fourth-order valence-electron chi connectivity index (χ4n) is 2.52. The van der Waals surface area contributed by atoms with Crippen LogP contribution in [0.1, 0.15) is 11.7 Å². The normalized spacial score (nSPS) is 12.5. The van der Waals surface area contributed by atoms with Crippen LogP contribution in [0.3, 0.4) is 0 Å². The summed E-state index contributed by atoms with van der Waals surface area (Å²) in [7, 11) is 3.09. The molecule has 2 rings (SSSR count). The topological polar surface area (TPSA) is 86.3 Å². The molecule has 0 radical (unpaired) electrons. The molecule has 0 aromatic heterocycles. The Hall–Kier alpha value is -3.03. The molecule has 150 valence electrons. The molecule has 0 aliphatic heterocycles. The van der Waals surface area contributed by atoms with Gasteiger partial charge in [0.15, 0.2) is 6.10 Å². The van der Waals surface area contributed by atoms with Crippen LogP contribution in [0.2, 0.25) is 0 Å². The second-order valence-electron chi connectivity index (χ2n) is 5.76. The van der Waals surface area contributed by atoms with Crippen LogP contribution in [0, 0.1) is 0 Å². The number of amides is 1. The highest BCUT2D eigenvalue weighted by Crippen LogP contribution is 2.27. The summed E-state index contributed by atoms with van der Waals surface area (Å²) in [5.41, 5.74) is 1.29. The molecule has 2 aromatic rings. The lowest BCUT2D eigenvalue weighted by atomic mass is 10.0. The molecule has 0 aliphatic rings. The van der Waals surface area contributed by atoms with Crippen LogP contribution in [0.5, 0.6) is 11.5 Å².